The van der Waals surface area contributed by atoms with E-state index in [1.165, 1.54) is 4.57 Å². The van der Waals surface area contributed by atoms with Crippen LogP contribution in [-0.4, -0.2) is 22.5 Å². The number of aryl methyl sites for hydroxylation is 1. The molecule has 78 valence electrons. The van der Waals surface area contributed by atoms with E-state index in [9.17, 15) is 8.42 Å². The molecule has 1 N–H and O–H groups in total. The Kier molecular flexibility index (Phi) is 2.11. The van der Waals surface area contributed by atoms with Gasteiger partial charge in [-0.1, -0.05) is 0 Å². The van der Waals surface area contributed by atoms with E-state index in [1.807, 2.05) is 0 Å². The summed E-state index contributed by atoms with van der Waals surface area (Å²) in [4.78, 5) is 3.95. The lowest BCUT2D eigenvalue weighted by atomic mass is 10.0. The fourth-order valence-electron chi connectivity index (χ4n) is 1.89. The van der Waals surface area contributed by atoms with Crippen molar-refractivity contribution in [3.63, 3.8) is 0 Å². The molecule has 0 atom stereocenters. The highest BCUT2D eigenvalue weighted by Crippen LogP contribution is 2.22. The molecule has 0 amide bonds. The number of fused-ring (bicyclic) bond motifs is 1. The summed E-state index contributed by atoms with van der Waals surface area (Å²) in [6.45, 7) is 0. The molecule has 0 spiro atoms. The molecule has 0 fully saturated rings. The summed E-state index contributed by atoms with van der Waals surface area (Å²) >= 11 is 0. The third-order valence-electron chi connectivity index (χ3n) is 2.56. The molecule has 1 aliphatic carbocycles. The predicted molar refractivity (Wildman–Crippen MR) is 49.7 cm³/mol. The monoisotopic (exact) mass is 216 g/mol. The molecule has 0 saturated carbocycles. The molecule has 0 aromatic carbocycles. The van der Waals surface area contributed by atoms with Gasteiger partial charge in [0.2, 0.25) is 0 Å². The third kappa shape index (κ3) is 1.44. The third-order valence-corrected chi connectivity index (χ3v) is 3.39. The molecule has 0 saturated heterocycles. The Hall–Kier alpha value is -0.880. The first-order valence-corrected chi connectivity index (χ1v) is 5.96. The van der Waals surface area contributed by atoms with Crippen LogP contribution in [-0.2, 0) is 30.0 Å². The summed E-state index contributed by atoms with van der Waals surface area (Å²) in [6.07, 6.45) is 3.74. The maximum Gasteiger partial charge on any atom is 0.328 e. The first-order valence-electron chi connectivity index (χ1n) is 4.52. The maximum atomic E-state index is 10.9. The van der Waals surface area contributed by atoms with E-state index in [-0.39, 0.29) is 5.16 Å². The molecule has 6 heteroatoms. The number of hydrogen-bond donors (Lipinski definition) is 1. The molecule has 0 bridgehead atoms. The van der Waals surface area contributed by atoms with Gasteiger partial charge in [-0.25, -0.2) is 4.98 Å². The summed E-state index contributed by atoms with van der Waals surface area (Å²) in [5, 5.41) is -0.232. The van der Waals surface area contributed by atoms with Crippen LogP contribution in [0.4, 0.5) is 0 Å². The van der Waals surface area contributed by atoms with Crippen LogP contribution in [0.2, 0.25) is 0 Å². The van der Waals surface area contributed by atoms with Gasteiger partial charge < -0.3 is 4.57 Å². The van der Waals surface area contributed by atoms with Gasteiger partial charge in [-0.15, -0.1) is 0 Å². The van der Waals surface area contributed by atoms with E-state index in [0.29, 0.717) is 0 Å². The zero-order valence-electron chi connectivity index (χ0n) is 7.89. The van der Waals surface area contributed by atoms with Gasteiger partial charge in [0.15, 0.2) is 0 Å². The zero-order chi connectivity index (χ0) is 10.3. The van der Waals surface area contributed by atoms with Crippen LogP contribution < -0.4 is 0 Å². The Morgan fingerprint density at radius 2 is 2.00 bits per heavy atom. The Labute approximate surface area is 82.5 Å². The van der Waals surface area contributed by atoms with Crippen molar-refractivity contribution < 1.29 is 13.0 Å². The maximum absolute atomic E-state index is 10.9. The Morgan fingerprint density at radius 1 is 1.36 bits per heavy atom. The number of rotatable bonds is 1. The van der Waals surface area contributed by atoms with E-state index in [2.05, 4.69) is 4.98 Å². The largest absolute Gasteiger partial charge is 0.328 e. The summed E-state index contributed by atoms with van der Waals surface area (Å²) in [6, 6.07) is 0. The van der Waals surface area contributed by atoms with Gasteiger partial charge in [-0.3, -0.25) is 4.55 Å². The SMILES string of the molecule is Cn1c(S(=O)(=O)O)nc2c1CCCC2. The molecular formula is C8H12N2O3S. The first-order chi connectivity index (χ1) is 6.50. The second-order valence-electron chi connectivity index (χ2n) is 3.53. The van der Waals surface area contributed by atoms with Gasteiger partial charge in [0.1, 0.15) is 0 Å². The second kappa shape index (κ2) is 3.06. The smallest absolute Gasteiger partial charge is 0.320 e. The topological polar surface area (TPSA) is 72.2 Å². The minimum absolute atomic E-state index is 0.232. The van der Waals surface area contributed by atoms with Gasteiger partial charge in [0.05, 0.1) is 5.69 Å². The van der Waals surface area contributed by atoms with Crippen molar-refractivity contribution in [3.05, 3.63) is 11.4 Å². The fourth-order valence-corrected chi connectivity index (χ4v) is 2.57. The lowest BCUT2D eigenvalue weighted by molar-refractivity contribution is 0.467. The van der Waals surface area contributed by atoms with Gasteiger partial charge in [0, 0.05) is 12.7 Å². The molecule has 1 aliphatic rings. The minimum Gasteiger partial charge on any atom is -0.320 e. The van der Waals surface area contributed by atoms with Crippen molar-refractivity contribution in [2.75, 3.05) is 0 Å². The number of aromatic nitrogens is 2. The molecular weight excluding hydrogens is 204 g/mol. The zero-order valence-corrected chi connectivity index (χ0v) is 8.71. The molecule has 0 unspecified atom stereocenters. The van der Waals surface area contributed by atoms with Crippen LogP contribution in [0.1, 0.15) is 24.2 Å². The molecule has 0 aliphatic heterocycles. The molecule has 2 rings (SSSR count). The van der Waals surface area contributed by atoms with Crippen LogP contribution in [0.5, 0.6) is 0 Å². The summed E-state index contributed by atoms with van der Waals surface area (Å²) in [7, 11) is -2.55. The predicted octanol–water partition coefficient (Wildman–Crippen LogP) is 0.546. The summed E-state index contributed by atoms with van der Waals surface area (Å²) in [5.41, 5.74) is 1.75. The van der Waals surface area contributed by atoms with Crippen LogP contribution in [0.15, 0.2) is 5.16 Å². The van der Waals surface area contributed by atoms with E-state index in [1.54, 1.807) is 7.05 Å². The average Bonchev–Trinajstić information content (AvgIpc) is 2.44. The first kappa shape index (κ1) is 9.67. The second-order valence-corrected chi connectivity index (χ2v) is 4.84. The van der Waals surface area contributed by atoms with E-state index in [0.717, 1.165) is 37.1 Å². The Morgan fingerprint density at radius 3 is 2.57 bits per heavy atom. The van der Waals surface area contributed by atoms with Crippen LogP contribution in [0.3, 0.4) is 0 Å². The Balaban J connectivity index is 2.60. The molecule has 1 aromatic heterocycles. The summed E-state index contributed by atoms with van der Waals surface area (Å²) < 4.78 is 32.3. The van der Waals surface area contributed by atoms with Crippen molar-refractivity contribution in [1.29, 1.82) is 0 Å². The van der Waals surface area contributed by atoms with Crippen molar-refractivity contribution in [2.24, 2.45) is 7.05 Å². The lowest BCUT2D eigenvalue weighted by Gasteiger charge is -2.10. The van der Waals surface area contributed by atoms with Crippen molar-refractivity contribution in [2.45, 2.75) is 30.8 Å². The van der Waals surface area contributed by atoms with Crippen LogP contribution in [0.25, 0.3) is 0 Å². The van der Waals surface area contributed by atoms with Gasteiger partial charge in [-0.05, 0) is 25.7 Å². The van der Waals surface area contributed by atoms with Crippen molar-refractivity contribution in [1.82, 2.24) is 9.55 Å². The molecule has 1 aromatic rings. The van der Waals surface area contributed by atoms with Crippen LogP contribution >= 0.6 is 0 Å². The number of imidazole rings is 1. The summed E-state index contributed by atoms with van der Waals surface area (Å²) in [5.74, 6) is 0. The highest BCUT2D eigenvalue weighted by molar-refractivity contribution is 7.85. The van der Waals surface area contributed by atoms with E-state index >= 15 is 0 Å². The lowest BCUT2D eigenvalue weighted by Crippen LogP contribution is -2.09. The van der Waals surface area contributed by atoms with E-state index < -0.39 is 10.1 Å². The fraction of sp³-hybridized carbons (Fsp3) is 0.625. The molecule has 14 heavy (non-hydrogen) atoms. The highest BCUT2D eigenvalue weighted by Gasteiger charge is 2.24. The van der Waals surface area contributed by atoms with Gasteiger partial charge >= 0.3 is 10.1 Å². The van der Waals surface area contributed by atoms with Gasteiger partial charge in [0.25, 0.3) is 5.16 Å². The van der Waals surface area contributed by atoms with Crippen molar-refractivity contribution in [3.8, 4) is 0 Å². The molecule has 0 radical (unpaired) electrons. The number of hydrogen-bond acceptors (Lipinski definition) is 3. The standard InChI is InChI=1S/C8H12N2O3S/c1-10-7-5-3-2-4-6(7)9-8(10)14(11,12)13/h2-5H2,1H3,(H,11,12,13). The van der Waals surface area contributed by atoms with Gasteiger partial charge in [-0.2, -0.15) is 8.42 Å². The van der Waals surface area contributed by atoms with Crippen LogP contribution in [0, 0.1) is 0 Å². The molecule has 1 heterocycles. The average molecular weight is 216 g/mol. The van der Waals surface area contributed by atoms with E-state index in [4.69, 9.17) is 4.55 Å². The minimum atomic E-state index is -4.18. The quantitative estimate of drug-likeness (QED) is 0.696. The molecule has 5 nitrogen and oxygen atoms in total. The Bertz CT molecular complexity index is 461. The number of nitrogens with zero attached hydrogens (tertiary/aromatic N) is 2. The van der Waals surface area contributed by atoms with Crippen molar-refractivity contribution >= 4 is 10.1 Å². The normalized spacial score (nSPS) is 16.7. The highest BCUT2D eigenvalue weighted by atomic mass is 32.2.